The molecule has 0 radical (unpaired) electrons. The highest BCUT2D eigenvalue weighted by Gasteiger charge is 2.17. The Labute approximate surface area is 125 Å². The van der Waals surface area contributed by atoms with Crippen molar-refractivity contribution in [3.63, 3.8) is 0 Å². The first-order valence-corrected chi connectivity index (χ1v) is 7.33. The molecule has 0 saturated heterocycles. The van der Waals surface area contributed by atoms with Crippen molar-refractivity contribution in [2.24, 2.45) is 0 Å². The second kappa shape index (κ2) is 5.43. The van der Waals surface area contributed by atoms with Gasteiger partial charge in [0.25, 0.3) is 0 Å². The van der Waals surface area contributed by atoms with Crippen LogP contribution in [-0.4, -0.2) is 13.2 Å². The number of rotatable bonds is 2. The fourth-order valence-corrected chi connectivity index (χ4v) is 3.14. The van der Waals surface area contributed by atoms with E-state index in [0.717, 1.165) is 27.6 Å². The van der Waals surface area contributed by atoms with Crippen LogP contribution in [0.5, 0.6) is 11.5 Å². The van der Waals surface area contributed by atoms with Gasteiger partial charge in [-0.15, -0.1) is 0 Å². The van der Waals surface area contributed by atoms with Crippen molar-refractivity contribution in [2.75, 3.05) is 13.2 Å². The fraction of sp³-hybridized carbons (Fsp3) is 0.200. The summed E-state index contributed by atoms with van der Waals surface area (Å²) >= 11 is 9.92. The Kier molecular flexibility index (Phi) is 3.67. The minimum atomic E-state index is 0.0389. The number of fused-ring (bicyclic) bond motifs is 1. The molecule has 1 aliphatic rings. The average Bonchev–Trinajstić information content (AvgIpc) is 2.46. The zero-order valence-corrected chi connectivity index (χ0v) is 12.4. The second-order valence-electron chi connectivity index (χ2n) is 4.29. The number of benzene rings is 2. The van der Waals surface area contributed by atoms with Crippen LogP contribution in [0.4, 0.5) is 0 Å². The van der Waals surface area contributed by atoms with Crippen molar-refractivity contribution in [1.82, 2.24) is 0 Å². The van der Waals surface area contributed by atoms with E-state index in [4.69, 9.17) is 21.1 Å². The number of hydrogen-bond acceptors (Lipinski definition) is 2. The fourth-order valence-electron chi connectivity index (χ4n) is 2.08. The van der Waals surface area contributed by atoms with E-state index in [-0.39, 0.29) is 4.83 Å². The second-order valence-corrected chi connectivity index (χ2v) is 5.61. The van der Waals surface area contributed by atoms with Crippen molar-refractivity contribution in [3.8, 4) is 11.5 Å². The Balaban J connectivity index is 1.96. The van der Waals surface area contributed by atoms with E-state index in [0.29, 0.717) is 13.2 Å². The average molecular weight is 340 g/mol. The van der Waals surface area contributed by atoms with Crippen LogP contribution in [0.15, 0.2) is 42.5 Å². The van der Waals surface area contributed by atoms with Gasteiger partial charge < -0.3 is 9.47 Å². The number of alkyl halides is 1. The van der Waals surface area contributed by atoms with Crippen molar-refractivity contribution in [3.05, 3.63) is 58.6 Å². The molecule has 1 heterocycles. The molecule has 0 amide bonds. The first kappa shape index (κ1) is 12.8. The van der Waals surface area contributed by atoms with Crippen LogP contribution < -0.4 is 9.47 Å². The summed E-state index contributed by atoms with van der Waals surface area (Å²) in [7, 11) is 0. The number of ether oxygens (including phenoxy) is 2. The third kappa shape index (κ3) is 2.58. The lowest BCUT2D eigenvalue weighted by Crippen LogP contribution is -2.15. The van der Waals surface area contributed by atoms with Crippen molar-refractivity contribution >= 4 is 27.5 Å². The molecule has 1 atom stereocenters. The van der Waals surface area contributed by atoms with Gasteiger partial charge in [0.1, 0.15) is 13.2 Å². The molecule has 0 aromatic heterocycles. The predicted octanol–water partition coefficient (Wildman–Crippen LogP) is 4.60. The monoisotopic (exact) mass is 338 g/mol. The van der Waals surface area contributed by atoms with Crippen LogP contribution in [0, 0.1) is 0 Å². The quantitative estimate of drug-likeness (QED) is 0.745. The van der Waals surface area contributed by atoms with Crippen molar-refractivity contribution < 1.29 is 9.47 Å². The zero-order valence-electron chi connectivity index (χ0n) is 10.1. The van der Waals surface area contributed by atoms with E-state index >= 15 is 0 Å². The van der Waals surface area contributed by atoms with Gasteiger partial charge in [-0.2, -0.15) is 0 Å². The van der Waals surface area contributed by atoms with E-state index in [1.54, 1.807) is 0 Å². The molecule has 0 aliphatic carbocycles. The molecule has 0 saturated carbocycles. The molecule has 2 aromatic rings. The molecule has 0 spiro atoms. The summed E-state index contributed by atoms with van der Waals surface area (Å²) in [6.45, 7) is 1.20. The predicted molar refractivity (Wildman–Crippen MR) is 79.7 cm³/mol. The van der Waals surface area contributed by atoms with Gasteiger partial charge in [-0.05, 0) is 29.3 Å². The topological polar surface area (TPSA) is 18.5 Å². The van der Waals surface area contributed by atoms with Gasteiger partial charge in [0.05, 0.1) is 4.83 Å². The summed E-state index contributed by atoms with van der Waals surface area (Å²) in [6.07, 6.45) is 0. The molecular weight excluding hydrogens is 328 g/mol. The van der Waals surface area contributed by atoms with E-state index in [9.17, 15) is 0 Å². The van der Waals surface area contributed by atoms with Gasteiger partial charge in [0, 0.05) is 5.02 Å². The lowest BCUT2D eigenvalue weighted by atomic mass is 10.0. The summed E-state index contributed by atoms with van der Waals surface area (Å²) in [6, 6.07) is 13.8. The standard InChI is InChI=1S/C15H12BrClO2/c16-15(11-3-1-2-4-12(11)17)10-5-6-13-14(9-10)19-8-7-18-13/h1-6,9,15H,7-8H2. The van der Waals surface area contributed by atoms with Crippen LogP contribution in [0.1, 0.15) is 16.0 Å². The Morgan fingerprint density at radius 2 is 1.74 bits per heavy atom. The summed E-state index contributed by atoms with van der Waals surface area (Å²) in [5.74, 6) is 1.59. The lowest BCUT2D eigenvalue weighted by Gasteiger charge is -2.20. The van der Waals surface area contributed by atoms with Crippen LogP contribution in [0.3, 0.4) is 0 Å². The van der Waals surface area contributed by atoms with E-state index in [1.165, 1.54) is 0 Å². The summed E-state index contributed by atoms with van der Waals surface area (Å²) < 4.78 is 11.1. The van der Waals surface area contributed by atoms with E-state index < -0.39 is 0 Å². The molecule has 4 heteroatoms. The molecule has 1 aliphatic heterocycles. The lowest BCUT2D eigenvalue weighted by molar-refractivity contribution is 0.171. The van der Waals surface area contributed by atoms with Crippen molar-refractivity contribution in [1.29, 1.82) is 0 Å². The highest BCUT2D eigenvalue weighted by molar-refractivity contribution is 9.09. The maximum Gasteiger partial charge on any atom is 0.161 e. The van der Waals surface area contributed by atoms with Gasteiger partial charge >= 0.3 is 0 Å². The van der Waals surface area contributed by atoms with Gasteiger partial charge in [-0.3, -0.25) is 0 Å². The largest absolute Gasteiger partial charge is 0.486 e. The Bertz CT molecular complexity index is 600. The molecule has 2 nitrogen and oxygen atoms in total. The van der Waals surface area contributed by atoms with Gasteiger partial charge in [-0.1, -0.05) is 51.8 Å². The Morgan fingerprint density at radius 1 is 1.00 bits per heavy atom. The van der Waals surface area contributed by atoms with Crippen LogP contribution >= 0.6 is 27.5 Å². The molecule has 0 fully saturated rings. The maximum absolute atomic E-state index is 6.23. The minimum Gasteiger partial charge on any atom is -0.486 e. The molecule has 19 heavy (non-hydrogen) atoms. The summed E-state index contributed by atoms with van der Waals surface area (Å²) in [5.41, 5.74) is 2.14. The highest BCUT2D eigenvalue weighted by atomic mass is 79.9. The summed E-state index contributed by atoms with van der Waals surface area (Å²) in [4.78, 5) is 0.0389. The first-order chi connectivity index (χ1) is 9.25. The van der Waals surface area contributed by atoms with Gasteiger partial charge in [0.2, 0.25) is 0 Å². The zero-order chi connectivity index (χ0) is 13.2. The Hall–Kier alpha value is -1.19. The molecule has 3 rings (SSSR count). The van der Waals surface area contributed by atoms with Crippen molar-refractivity contribution in [2.45, 2.75) is 4.83 Å². The molecular formula is C15H12BrClO2. The van der Waals surface area contributed by atoms with Gasteiger partial charge in [-0.25, -0.2) is 0 Å². The van der Waals surface area contributed by atoms with Crippen LogP contribution in [0.2, 0.25) is 5.02 Å². The molecule has 0 bridgehead atoms. The third-order valence-electron chi connectivity index (χ3n) is 3.04. The first-order valence-electron chi connectivity index (χ1n) is 6.04. The smallest absolute Gasteiger partial charge is 0.161 e. The maximum atomic E-state index is 6.23. The Morgan fingerprint density at radius 3 is 2.53 bits per heavy atom. The molecule has 2 aromatic carbocycles. The van der Waals surface area contributed by atoms with Crippen LogP contribution in [-0.2, 0) is 0 Å². The minimum absolute atomic E-state index is 0.0389. The summed E-state index contributed by atoms with van der Waals surface area (Å²) in [5, 5.41) is 0.749. The third-order valence-corrected chi connectivity index (χ3v) is 4.40. The molecule has 98 valence electrons. The molecule has 1 unspecified atom stereocenters. The SMILES string of the molecule is Clc1ccccc1C(Br)c1ccc2c(c1)OCCO2. The number of halogens is 2. The normalized spacial score (nSPS) is 15.1. The van der Waals surface area contributed by atoms with Gasteiger partial charge in [0.15, 0.2) is 11.5 Å². The number of hydrogen-bond donors (Lipinski definition) is 0. The highest BCUT2D eigenvalue weighted by Crippen LogP contribution is 2.39. The molecule has 0 N–H and O–H groups in total. The van der Waals surface area contributed by atoms with E-state index in [1.807, 2.05) is 42.5 Å². The van der Waals surface area contributed by atoms with E-state index in [2.05, 4.69) is 15.9 Å². The van der Waals surface area contributed by atoms with Crippen LogP contribution in [0.25, 0.3) is 0 Å².